The molecule has 1 aromatic heterocycles. The van der Waals surface area contributed by atoms with E-state index in [9.17, 15) is 9.59 Å². The average Bonchev–Trinajstić information content (AvgIpc) is 2.61. The van der Waals surface area contributed by atoms with Gasteiger partial charge < -0.3 is 14.5 Å². The van der Waals surface area contributed by atoms with Crippen molar-refractivity contribution in [1.82, 2.24) is 0 Å². The molecule has 0 atom stereocenters. The second kappa shape index (κ2) is 7.21. The lowest BCUT2D eigenvalue weighted by molar-refractivity contribution is -0.118. The van der Waals surface area contributed by atoms with E-state index < -0.39 is 0 Å². The van der Waals surface area contributed by atoms with Crippen LogP contribution in [0.15, 0.2) is 57.7 Å². The molecule has 0 unspecified atom stereocenters. The van der Waals surface area contributed by atoms with E-state index in [1.165, 1.54) is 0 Å². The van der Waals surface area contributed by atoms with Gasteiger partial charge in [0.05, 0.1) is 0 Å². The number of rotatable bonds is 5. The van der Waals surface area contributed by atoms with Crippen molar-refractivity contribution < 1.29 is 13.9 Å². The van der Waals surface area contributed by atoms with Crippen molar-refractivity contribution in [3.8, 4) is 5.75 Å². The van der Waals surface area contributed by atoms with Gasteiger partial charge in [0.1, 0.15) is 11.3 Å². The van der Waals surface area contributed by atoms with E-state index in [4.69, 9.17) is 9.15 Å². The molecule has 0 radical (unpaired) electrons. The van der Waals surface area contributed by atoms with Crippen LogP contribution in [0.25, 0.3) is 11.0 Å². The SMILES string of the molecule is CCc1c(C)c2ccc(OCC(=O)Nc3ccccc3)cc2oc1=O. The van der Waals surface area contributed by atoms with E-state index in [1.54, 1.807) is 24.3 Å². The van der Waals surface area contributed by atoms with E-state index >= 15 is 0 Å². The highest BCUT2D eigenvalue weighted by Crippen LogP contribution is 2.24. The van der Waals surface area contributed by atoms with Crippen LogP contribution in [-0.4, -0.2) is 12.5 Å². The zero-order valence-corrected chi connectivity index (χ0v) is 14.2. The Kier molecular flexibility index (Phi) is 4.84. The summed E-state index contributed by atoms with van der Waals surface area (Å²) in [6.45, 7) is 3.70. The van der Waals surface area contributed by atoms with Gasteiger partial charge in [-0.25, -0.2) is 4.79 Å². The molecule has 0 aliphatic carbocycles. The molecular weight excluding hydrogens is 318 g/mol. The van der Waals surface area contributed by atoms with Crippen molar-refractivity contribution in [2.45, 2.75) is 20.3 Å². The van der Waals surface area contributed by atoms with Crippen molar-refractivity contribution in [1.29, 1.82) is 0 Å². The maximum absolute atomic E-state index is 12.0. The molecule has 0 bridgehead atoms. The molecule has 0 saturated carbocycles. The second-order valence-electron chi connectivity index (χ2n) is 5.71. The third kappa shape index (κ3) is 3.71. The summed E-state index contributed by atoms with van der Waals surface area (Å²) in [7, 11) is 0. The Morgan fingerprint density at radius 2 is 1.92 bits per heavy atom. The number of benzene rings is 2. The zero-order valence-electron chi connectivity index (χ0n) is 14.2. The third-order valence-electron chi connectivity index (χ3n) is 4.04. The first-order valence-electron chi connectivity index (χ1n) is 8.12. The molecule has 0 fully saturated rings. The molecule has 0 aliphatic rings. The lowest BCUT2D eigenvalue weighted by atomic mass is 10.0. The first kappa shape index (κ1) is 16.8. The number of ether oxygens (including phenoxy) is 1. The monoisotopic (exact) mass is 337 g/mol. The van der Waals surface area contributed by atoms with Crippen LogP contribution in [0.3, 0.4) is 0 Å². The van der Waals surface area contributed by atoms with Gasteiger partial charge in [-0.3, -0.25) is 4.79 Å². The predicted octanol–water partition coefficient (Wildman–Crippen LogP) is 3.68. The van der Waals surface area contributed by atoms with Crippen LogP contribution in [0, 0.1) is 6.92 Å². The number of aryl methyl sites for hydroxylation is 1. The largest absolute Gasteiger partial charge is 0.484 e. The summed E-state index contributed by atoms with van der Waals surface area (Å²) in [6.07, 6.45) is 0.627. The first-order chi connectivity index (χ1) is 12.1. The summed E-state index contributed by atoms with van der Waals surface area (Å²) in [5.41, 5.74) is 2.45. The fraction of sp³-hybridized carbons (Fsp3) is 0.200. The van der Waals surface area contributed by atoms with Crippen LogP contribution >= 0.6 is 0 Å². The minimum atomic E-state index is -0.327. The second-order valence-corrected chi connectivity index (χ2v) is 5.71. The fourth-order valence-electron chi connectivity index (χ4n) is 2.74. The van der Waals surface area contributed by atoms with Gasteiger partial charge in [-0.15, -0.1) is 0 Å². The van der Waals surface area contributed by atoms with E-state index in [1.807, 2.05) is 38.1 Å². The van der Waals surface area contributed by atoms with Crippen molar-refractivity contribution in [2.75, 3.05) is 11.9 Å². The molecule has 128 valence electrons. The van der Waals surface area contributed by atoms with Gasteiger partial charge in [-0.05, 0) is 43.2 Å². The quantitative estimate of drug-likeness (QED) is 0.721. The Morgan fingerprint density at radius 1 is 1.16 bits per heavy atom. The van der Waals surface area contributed by atoms with Crippen molar-refractivity contribution in [2.24, 2.45) is 0 Å². The molecule has 1 N–H and O–H groups in total. The number of hydrogen-bond donors (Lipinski definition) is 1. The smallest absolute Gasteiger partial charge is 0.339 e. The molecular formula is C20H19NO4. The predicted molar refractivity (Wildman–Crippen MR) is 97.2 cm³/mol. The maximum Gasteiger partial charge on any atom is 0.339 e. The van der Waals surface area contributed by atoms with Gasteiger partial charge in [-0.2, -0.15) is 0 Å². The lowest BCUT2D eigenvalue weighted by Gasteiger charge is -2.09. The lowest BCUT2D eigenvalue weighted by Crippen LogP contribution is -2.20. The summed E-state index contributed by atoms with van der Waals surface area (Å²) in [4.78, 5) is 23.9. The Hall–Kier alpha value is -3.08. The summed E-state index contributed by atoms with van der Waals surface area (Å²) in [5, 5.41) is 3.62. The van der Waals surface area contributed by atoms with Crippen LogP contribution in [-0.2, 0) is 11.2 Å². The van der Waals surface area contributed by atoms with Gasteiger partial charge in [0.2, 0.25) is 0 Å². The molecule has 0 spiro atoms. The number of amides is 1. The first-order valence-corrected chi connectivity index (χ1v) is 8.12. The number of carbonyl (C=O) groups excluding carboxylic acids is 1. The van der Waals surface area contributed by atoms with Crippen LogP contribution in [0.4, 0.5) is 5.69 Å². The number of carbonyl (C=O) groups is 1. The third-order valence-corrected chi connectivity index (χ3v) is 4.04. The zero-order chi connectivity index (χ0) is 17.8. The van der Waals surface area contributed by atoms with E-state index in [-0.39, 0.29) is 18.1 Å². The molecule has 5 nitrogen and oxygen atoms in total. The highest BCUT2D eigenvalue weighted by Gasteiger charge is 2.11. The Labute approximate surface area is 145 Å². The van der Waals surface area contributed by atoms with Gasteiger partial charge in [0, 0.05) is 22.7 Å². The minimum Gasteiger partial charge on any atom is -0.484 e. The van der Waals surface area contributed by atoms with E-state index in [2.05, 4.69) is 5.32 Å². The number of hydrogen-bond acceptors (Lipinski definition) is 4. The van der Waals surface area contributed by atoms with Crippen LogP contribution in [0.5, 0.6) is 5.75 Å². The van der Waals surface area contributed by atoms with Gasteiger partial charge in [0.15, 0.2) is 6.61 Å². The van der Waals surface area contributed by atoms with Crippen LogP contribution in [0.1, 0.15) is 18.1 Å². The van der Waals surface area contributed by atoms with Crippen LogP contribution < -0.4 is 15.7 Å². The molecule has 3 rings (SSSR count). The maximum atomic E-state index is 12.0. The molecule has 3 aromatic rings. The number of nitrogens with one attached hydrogen (secondary N) is 1. The average molecular weight is 337 g/mol. The van der Waals surface area contributed by atoms with Crippen LogP contribution in [0.2, 0.25) is 0 Å². The molecule has 0 aliphatic heterocycles. The van der Waals surface area contributed by atoms with Crippen molar-refractivity contribution in [3.05, 3.63) is 70.1 Å². The summed E-state index contributed by atoms with van der Waals surface area (Å²) >= 11 is 0. The van der Waals surface area contributed by atoms with Crippen molar-refractivity contribution >= 4 is 22.6 Å². The number of para-hydroxylation sites is 1. The minimum absolute atomic E-state index is 0.128. The van der Waals surface area contributed by atoms with E-state index in [0.29, 0.717) is 29.0 Å². The highest BCUT2D eigenvalue weighted by atomic mass is 16.5. The Bertz CT molecular complexity index is 961. The van der Waals surface area contributed by atoms with Gasteiger partial charge in [0.25, 0.3) is 5.91 Å². The van der Waals surface area contributed by atoms with E-state index in [0.717, 1.165) is 10.9 Å². The standard InChI is InChI=1S/C20H19NO4/c1-3-16-13(2)17-10-9-15(11-18(17)25-20(16)23)24-12-19(22)21-14-7-5-4-6-8-14/h4-11H,3,12H2,1-2H3,(H,21,22). The Balaban J connectivity index is 1.74. The summed E-state index contributed by atoms with van der Waals surface area (Å²) < 4.78 is 10.9. The molecule has 1 amide bonds. The normalized spacial score (nSPS) is 10.6. The summed E-state index contributed by atoms with van der Waals surface area (Å²) in [6, 6.07) is 14.4. The molecule has 5 heteroatoms. The number of anilines is 1. The number of fused-ring (bicyclic) bond motifs is 1. The summed E-state index contributed by atoms with van der Waals surface area (Å²) in [5.74, 6) is 0.216. The van der Waals surface area contributed by atoms with Gasteiger partial charge in [-0.1, -0.05) is 25.1 Å². The molecule has 25 heavy (non-hydrogen) atoms. The molecule has 0 saturated heterocycles. The van der Waals surface area contributed by atoms with Crippen molar-refractivity contribution in [3.63, 3.8) is 0 Å². The highest BCUT2D eigenvalue weighted by molar-refractivity contribution is 5.92. The van der Waals surface area contributed by atoms with Gasteiger partial charge >= 0.3 is 5.63 Å². The molecule has 1 heterocycles. The Morgan fingerprint density at radius 3 is 2.64 bits per heavy atom. The molecule has 2 aromatic carbocycles. The fourth-order valence-corrected chi connectivity index (χ4v) is 2.74. The topological polar surface area (TPSA) is 68.5 Å².